The lowest BCUT2D eigenvalue weighted by Gasteiger charge is -2.32. The highest BCUT2D eigenvalue weighted by atomic mass is 16.5. The number of ether oxygens (including phenoxy) is 1. The topological polar surface area (TPSA) is 77.2 Å². The molecule has 8 nitrogen and oxygen atoms in total. The van der Waals surface area contributed by atoms with Crippen molar-refractivity contribution in [3.63, 3.8) is 0 Å². The molecule has 0 fully saturated rings. The van der Waals surface area contributed by atoms with Crippen LogP contribution < -0.4 is 10.6 Å². The molecule has 0 bridgehead atoms. The Kier molecular flexibility index (Phi) is 15.0. The lowest BCUT2D eigenvalue weighted by molar-refractivity contribution is -0.121. The van der Waals surface area contributed by atoms with E-state index in [0.29, 0.717) is 19.7 Å². The number of carbonyl (C=O) groups is 2. The number of amides is 3. The van der Waals surface area contributed by atoms with Crippen LogP contribution in [0, 0.1) is 32.5 Å². The van der Waals surface area contributed by atoms with Crippen molar-refractivity contribution in [1.82, 2.24) is 25.3 Å². The molecular formula is C43H79N5O3. The number of hydrogen-bond donors (Lipinski definition) is 2. The van der Waals surface area contributed by atoms with Gasteiger partial charge in [-0.25, -0.2) is 4.79 Å². The molecule has 0 aliphatic carbocycles. The van der Waals surface area contributed by atoms with E-state index >= 15 is 0 Å². The first-order chi connectivity index (χ1) is 22.6. The Morgan fingerprint density at radius 2 is 0.941 bits per heavy atom. The van der Waals surface area contributed by atoms with Crippen LogP contribution in [-0.4, -0.2) is 87.1 Å². The molecule has 3 aliphatic heterocycles. The molecule has 0 atom stereocenters. The van der Waals surface area contributed by atoms with E-state index in [1.807, 2.05) is 21.1 Å². The molecule has 51 heavy (non-hydrogen) atoms. The van der Waals surface area contributed by atoms with Gasteiger partial charge in [0, 0.05) is 51.4 Å². The predicted molar refractivity (Wildman–Crippen MR) is 217 cm³/mol. The number of nitrogens with one attached hydrogen (secondary N) is 2. The molecule has 0 unspecified atom stereocenters. The minimum absolute atomic E-state index is 0.0194. The summed E-state index contributed by atoms with van der Waals surface area (Å²) in [5, 5.41) is 6.09. The summed E-state index contributed by atoms with van der Waals surface area (Å²) in [4.78, 5) is 29.5. The summed E-state index contributed by atoms with van der Waals surface area (Å²) in [6.45, 7) is 48.2. The Hall–Kier alpha value is -2.74. The maximum absolute atomic E-state index is 11.8. The molecule has 0 aromatic rings. The van der Waals surface area contributed by atoms with Crippen molar-refractivity contribution >= 4 is 11.9 Å². The first kappa shape index (κ1) is 46.3. The molecule has 3 aliphatic rings. The summed E-state index contributed by atoms with van der Waals surface area (Å²) in [6, 6.07) is 0.0194. The van der Waals surface area contributed by atoms with Crippen LogP contribution in [0.2, 0.25) is 0 Å². The molecule has 0 aromatic carbocycles. The molecule has 0 saturated carbocycles. The van der Waals surface area contributed by atoms with Crippen LogP contribution in [-0.2, 0) is 9.53 Å². The number of rotatable bonds is 0. The largest absolute Gasteiger partial charge is 0.475 e. The fourth-order valence-corrected chi connectivity index (χ4v) is 6.51. The lowest BCUT2D eigenvalue weighted by atomic mass is 9.75. The van der Waals surface area contributed by atoms with Crippen molar-refractivity contribution < 1.29 is 14.3 Å². The van der Waals surface area contributed by atoms with Crippen LogP contribution in [0.5, 0.6) is 0 Å². The maximum Gasteiger partial charge on any atom is 0.317 e. The molecule has 2 N–H and O–H groups in total. The second-order valence-electron chi connectivity index (χ2n) is 21.0. The number of likely N-dealkylation sites (N-methyl/N-ethyl adjacent to an activating group) is 3. The number of hydrogen-bond acceptors (Lipinski definition) is 5. The monoisotopic (exact) mass is 714 g/mol. The Bertz CT molecular complexity index is 1290. The second-order valence-corrected chi connectivity index (χ2v) is 21.0. The summed E-state index contributed by atoms with van der Waals surface area (Å²) in [7, 11) is 5.89. The minimum Gasteiger partial charge on any atom is -0.475 e. The van der Waals surface area contributed by atoms with Gasteiger partial charge in [0.2, 0.25) is 5.91 Å². The second kappa shape index (κ2) is 16.5. The summed E-state index contributed by atoms with van der Waals surface area (Å²) in [6.07, 6.45) is 0. The van der Waals surface area contributed by atoms with E-state index in [4.69, 9.17) is 4.74 Å². The zero-order valence-corrected chi connectivity index (χ0v) is 37.0. The van der Waals surface area contributed by atoms with E-state index in [1.165, 1.54) is 27.9 Å². The molecule has 0 aromatic heterocycles. The molecule has 0 radical (unpaired) electrons. The van der Waals surface area contributed by atoms with Crippen molar-refractivity contribution in [3.8, 4) is 0 Å². The Balaban J connectivity index is 0.000000382. The highest BCUT2D eigenvalue weighted by Crippen LogP contribution is 2.40. The van der Waals surface area contributed by atoms with E-state index in [0.717, 1.165) is 31.2 Å². The van der Waals surface area contributed by atoms with Crippen molar-refractivity contribution in [2.24, 2.45) is 32.5 Å². The van der Waals surface area contributed by atoms with Crippen LogP contribution in [0.15, 0.2) is 46.0 Å². The van der Waals surface area contributed by atoms with Gasteiger partial charge in [0.15, 0.2) is 5.88 Å². The molecule has 8 heteroatoms. The number of nitrogens with zero attached hydrogens (tertiary/aromatic N) is 3. The predicted octanol–water partition coefficient (Wildman–Crippen LogP) is 9.23. The normalized spacial score (nSPS) is 19.6. The van der Waals surface area contributed by atoms with Gasteiger partial charge in [-0.3, -0.25) is 9.69 Å². The molecule has 3 heterocycles. The fourth-order valence-electron chi connectivity index (χ4n) is 6.51. The SMILES string of the molecule is C=C1OCC(C(C)(C)C)=C(C(C)(C)C)CN1C.CN1CC(=O)NC(C(C)(C)C)=C(C(C)(C)C)C1.CN1CC(C(C)(C)C)=C(C(C)(C)C)CNC1=O. The van der Waals surface area contributed by atoms with Crippen LogP contribution in [0.4, 0.5) is 4.79 Å². The smallest absolute Gasteiger partial charge is 0.317 e. The van der Waals surface area contributed by atoms with E-state index in [9.17, 15) is 9.59 Å². The highest BCUT2D eigenvalue weighted by Gasteiger charge is 2.34. The number of carbonyl (C=O) groups excluding carboxylic acids is 2. The van der Waals surface area contributed by atoms with Gasteiger partial charge >= 0.3 is 6.03 Å². The Morgan fingerprint density at radius 3 is 1.35 bits per heavy atom. The third-order valence-electron chi connectivity index (χ3n) is 9.78. The first-order valence-electron chi connectivity index (χ1n) is 18.8. The van der Waals surface area contributed by atoms with Crippen molar-refractivity contribution in [2.75, 3.05) is 60.5 Å². The highest BCUT2D eigenvalue weighted by molar-refractivity contribution is 5.80. The summed E-state index contributed by atoms with van der Waals surface area (Å²) < 4.78 is 5.75. The number of urea groups is 1. The van der Waals surface area contributed by atoms with Crippen molar-refractivity contribution in [2.45, 2.75) is 125 Å². The average Bonchev–Trinajstić information content (AvgIpc) is 3.25. The van der Waals surface area contributed by atoms with Gasteiger partial charge in [-0.2, -0.15) is 0 Å². The molecule has 0 spiro atoms. The van der Waals surface area contributed by atoms with Gasteiger partial charge in [-0.1, -0.05) is 125 Å². The molecular weight excluding hydrogens is 635 g/mol. The average molecular weight is 714 g/mol. The Labute approximate surface area is 314 Å². The van der Waals surface area contributed by atoms with E-state index in [-0.39, 0.29) is 44.4 Å². The van der Waals surface area contributed by atoms with Crippen LogP contribution >= 0.6 is 0 Å². The quantitative estimate of drug-likeness (QED) is 0.245. The maximum atomic E-state index is 11.8. The lowest BCUT2D eigenvalue weighted by Crippen LogP contribution is -2.37. The third kappa shape index (κ3) is 14.0. The van der Waals surface area contributed by atoms with E-state index < -0.39 is 0 Å². The van der Waals surface area contributed by atoms with Gasteiger partial charge in [0.1, 0.15) is 6.61 Å². The summed E-state index contributed by atoms with van der Waals surface area (Å²) >= 11 is 0. The minimum atomic E-state index is -0.0244. The van der Waals surface area contributed by atoms with Crippen LogP contribution in [0.25, 0.3) is 0 Å². The Morgan fingerprint density at radius 1 is 0.529 bits per heavy atom. The fraction of sp³-hybridized carbons (Fsp3) is 0.767. The van der Waals surface area contributed by atoms with Gasteiger partial charge in [0.25, 0.3) is 0 Å². The third-order valence-corrected chi connectivity index (χ3v) is 9.78. The van der Waals surface area contributed by atoms with E-state index in [1.54, 1.807) is 4.90 Å². The van der Waals surface area contributed by atoms with Gasteiger partial charge in [0.05, 0.1) is 6.54 Å². The molecule has 294 valence electrons. The zero-order chi connectivity index (χ0) is 40.3. The standard InChI is InChI=1S/C15H27NO.2C14H26N2O/c1-11-16(8)9-12(14(2,3)4)13(10-17-11)15(5,6)7;1-13(2,3)10-8-16(7)9-11(17)15-12(10)14(4,5)6;1-13(2,3)10-8-15-12(17)16(7)9-11(10)14(4,5)6/h1,9-10H2,2-8H3;2*8-9H2,1-7H3,(H,15,17). The summed E-state index contributed by atoms with van der Waals surface area (Å²) in [5.41, 5.74) is 8.63. The van der Waals surface area contributed by atoms with Crippen LogP contribution in [0.1, 0.15) is 125 Å². The van der Waals surface area contributed by atoms with Gasteiger partial charge in [-0.15, -0.1) is 0 Å². The number of allylic oxidation sites excluding steroid dienone is 1. The van der Waals surface area contributed by atoms with Gasteiger partial charge < -0.3 is 25.2 Å². The molecule has 3 rings (SSSR count). The van der Waals surface area contributed by atoms with Crippen molar-refractivity contribution in [1.29, 1.82) is 0 Å². The van der Waals surface area contributed by atoms with Crippen molar-refractivity contribution in [3.05, 3.63) is 46.0 Å². The van der Waals surface area contributed by atoms with Gasteiger partial charge in [-0.05, 0) is 68.6 Å². The first-order valence-corrected chi connectivity index (χ1v) is 18.8. The molecule has 3 amide bonds. The summed E-state index contributed by atoms with van der Waals surface area (Å²) in [5.74, 6) is 0.864. The zero-order valence-electron chi connectivity index (χ0n) is 37.0. The van der Waals surface area contributed by atoms with E-state index in [2.05, 4.69) is 152 Å². The van der Waals surface area contributed by atoms with Crippen LogP contribution in [0.3, 0.4) is 0 Å². The molecule has 0 saturated heterocycles.